The third-order valence-corrected chi connectivity index (χ3v) is 4.40. The third kappa shape index (κ3) is 5.80. The summed E-state index contributed by atoms with van der Waals surface area (Å²) < 4.78 is 4.91. The number of ether oxygens (including phenoxy) is 1. The Morgan fingerprint density at radius 3 is 2.43 bits per heavy atom. The Kier molecular flexibility index (Phi) is 7.14. The van der Waals surface area contributed by atoms with Gasteiger partial charge in [0.05, 0.1) is 6.42 Å². The van der Waals surface area contributed by atoms with Gasteiger partial charge in [0.25, 0.3) is 11.8 Å². The lowest BCUT2D eigenvalue weighted by Gasteiger charge is -2.15. The fourth-order valence-corrected chi connectivity index (χ4v) is 2.78. The van der Waals surface area contributed by atoms with Gasteiger partial charge >= 0.3 is 12.0 Å². The van der Waals surface area contributed by atoms with Crippen molar-refractivity contribution >= 4 is 29.5 Å². The lowest BCUT2D eigenvalue weighted by molar-refractivity contribution is -0.147. The molecule has 0 unspecified atom stereocenters. The van der Waals surface area contributed by atoms with Crippen molar-refractivity contribution in [1.82, 2.24) is 10.2 Å². The second-order valence-electron chi connectivity index (χ2n) is 7.27. The van der Waals surface area contributed by atoms with Gasteiger partial charge in [0.15, 0.2) is 6.61 Å². The van der Waals surface area contributed by atoms with Gasteiger partial charge in [0.2, 0.25) is 0 Å². The number of aryl methyl sites for hydroxylation is 1. The van der Waals surface area contributed by atoms with Gasteiger partial charge in [-0.05, 0) is 44.4 Å². The Morgan fingerprint density at radius 2 is 1.86 bits per heavy atom. The van der Waals surface area contributed by atoms with E-state index in [1.807, 2.05) is 24.3 Å². The Bertz CT molecular complexity index is 743. The Morgan fingerprint density at radius 1 is 1.18 bits per heavy atom. The summed E-state index contributed by atoms with van der Waals surface area (Å²) in [5, 5.41) is 5.19. The van der Waals surface area contributed by atoms with Gasteiger partial charge in [-0.2, -0.15) is 0 Å². The molecule has 0 atom stereocenters. The summed E-state index contributed by atoms with van der Waals surface area (Å²) >= 11 is 0. The quantitative estimate of drug-likeness (QED) is 0.498. The number of anilines is 1. The smallest absolute Gasteiger partial charge is 0.325 e. The molecule has 8 nitrogen and oxygen atoms in total. The fourth-order valence-electron chi connectivity index (χ4n) is 2.78. The number of esters is 1. The number of urea groups is 1. The van der Waals surface area contributed by atoms with E-state index in [0.29, 0.717) is 5.69 Å². The van der Waals surface area contributed by atoms with Crippen LogP contribution < -0.4 is 10.6 Å². The summed E-state index contributed by atoms with van der Waals surface area (Å²) in [6, 6.07) is 6.99. The number of amides is 4. The molecule has 28 heavy (non-hydrogen) atoms. The Labute approximate surface area is 164 Å². The number of hydrogen-bond acceptors (Lipinski definition) is 5. The molecular weight excluding hydrogens is 362 g/mol. The predicted octanol–water partition coefficient (Wildman–Crippen LogP) is 2.23. The van der Waals surface area contributed by atoms with Crippen molar-refractivity contribution in [1.29, 1.82) is 0 Å². The molecule has 8 heteroatoms. The predicted molar refractivity (Wildman–Crippen MR) is 104 cm³/mol. The van der Waals surface area contributed by atoms with Crippen molar-refractivity contribution in [3.63, 3.8) is 0 Å². The molecule has 1 saturated heterocycles. The summed E-state index contributed by atoms with van der Waals surface area (Å²) in [5.74, 6) is -1.51. The fraction of sp³-hybridized carbons (Fsp3) is 0.500. The lowest BCUT2D eigenvalue weighted by Crippen LogP contribution is -2.40. The summed E-state index contributed by atoms with van der Waals surface area (Å²) in [4.78, 5) is 48.5. The van der Waals surface area contributed by atoms with E-state index in [9.17, 15) is 19.2 Å². The van der Waals surface area contributed by atoms with E-state index in [1.54, 1.807) is 13.8 Å². The minimum atomic E-state index is -0.979. The van der Waals surface area contributed by atoms with Gasteiger partial charge in [-0.15, -0.1) is 0 Å². The summed E-state index contributed by atoms with van der Waals surface area (Å²) in [5.41, 5.74) is 0.852. The molecular formula is C20H27N3O5. The number of nitrogens with one attached hydrogen (secondary N) is 2. The topological polar surface area (TPSA) is 105 Å². The highest BCUT2D eigenvalue weighted by Gasteiger charge is 2.44. The number of carbonyl (C=O) groups is 4. The molecule has 152 valence electrons. The van der Waals surface area contributed by atoms with Gasteiger partial charge in [-0.3, -0.25) is 19.3 Å². The van der Waals surface area contributed by atoms with E-state index in [0.717, 1.165) is 24.2 Å². The molecule has 1 aliphatic heterocycles. The van der Waals surface area contributed by atoms with E-state index in [2.05, 4.69) is 17.6 Å². The van der Waals surface area contributed by atoms with Crippen LogP contribution in [-0.2, 0) is 25.5 Å². The van der Waals surface area contributed by atoms with Crippen LogP contribution in [0.3, 0.4) is 0 Å². The van der Waals surface area contributed by atoms with Crippen LogP contribution in [0.4, 0.5) is 10.5 Å². The van der Waals surface area contributed by atoms with Gasteiger partial charge in [-0.1, -0.05) is 25.5 Å². The molecule has 1 aromatic rings. The largest absolute Gasteiger partial charge is 0.456 e. The van der Waals surface area contributed by atoms with Gasteiger partial charge in [0, 0.05) is 12.2 Å². The van der Waals surface area contributed by atoms with Gasteiger partial charge in [-0.25, -0.2) is 4.79 Å². The molecule has 0 saturated carbocycles. The maximum Gasteiger partial charge on any atom is 0.325 e. The van der Waals surface area contributed by atoms with Crippen LogP contribution in [-0.4, -0.2) is 47.4 Å². The number of rotatable bonds is 9. The summed E-state index contributed by atoms with van der Waals surface area (Å²) in [6.45, 7) is 4.79. The number of hydrogen-bond donors (Lipinski definition) is 2. The number of unbranched alkanes of at least 4 members (excludes halogenated alkanes) is 1. The number of nitrogens with zero attached hydrogens (tertiary/aromatic N) is 1. The second-order valence-corrected chi connectivity index (χ2v) is 7.27. The normalized spacial score (nSPS) is 15.3. The Hall–Kier alpha value is -2.90. The molecule has 0 aliphatic carbocycles. The first kappa shape index (κ1) is 21.4. The molecule has 4 amide bonds. The SMILES string of the molecule is CCCCc1ccc(NC(=O)COC(=O)CCN2C(=O)NC(C)(C)C2=O)cc1. The van der Waals surface area contributed by atoms with Crippen molar-refractivity contribution < 1.29 is 23.9 Å². The average Bonchev–Trinajstić information content (AvgIpc) is 2.84. The number of benzene rings is 1. The molecule has 1 aromatic carbocycles. The van der Waals surface area contributed by atoms with E-state index >= 15 is 0 Å². The molecule has 2 N–H and O–H groups in total. The maximum atomic E-state index is 12.0. The lowest BCUT2D eigenvalue weighted by atomic mass is 10.1. The van der Waals surface area contributed by atoms with Crippen LogP contribution in [0.25, 0.3) is 0 Å². The molecule has 1 fully saturated rings. The van der Waals surface area contributed by atoms with Gasteiger partial charge in [0.1, 0.15) is 5.54 Å². The van der Waals surface area contributed by atoms with Crippen molar-refractivity contribution in [2.45, 2.75) is 52.0 Å². The monoisotopic (exact) mass is 389 g/mol. The Balaban J connectivity index is 1.71. The molecule has 1 aliphatic rings. The van der Waals surface area contributed by atoms with Gasteiger partial charge < -0.3 is 15.4 Å². The highest BCUT2D eigenvalue weighted by atomic mass is 16.5. The first-order valence-corrected chi connectivity index (χ1v) is 9.41. The molecule has 1 heterocycles. The van der Waals surface area contributed by atoms with Crippen molar-refractivity contribution in [3.8, 4) is 0 Å². The summed E-state index contributed by atoms with van der Waals surface area (Å²) in [6.07, 6.45) is 3.06. The molecule has 0 spiro atoms. The minimum absolute atomic E-state index is 0.0895. The average molecular weight is 389 g/mol. The van der Waals surface area contributed by atoms with Crippen LogP contribution in [0.15, 0.2) is 24.3 Å². The number of imide groups is 1. The zero-order chi connectivity index (χ0) is 20.7. The van der Waals surface area contributed by atoms with Crippen LogP contribution in [0, 0.1) is 0 Å². The van der Waals surface area contributed by atoms with Crippen LogP contribution in [0.1, 0.15) is 45.6 Å². The minimum Gasteiger partial charge on any atom is -0.456 e. The van der Waals surface area contributed by atoms with Crippen molar-refractivity contribution in [2.75, 3.05) is 18.5 Å². The van der Waals surface area contributed by atoms with E-state index in [4.69, 9.17) is 4.74 Å². The highest BCUT2D eigenvalue weighted by molar-refractivity contribution is 6.06. The molecule has 2 rings (SSSR count). The number of carbonyl (C=O) groups excluding carboxylic acids is 4. The van der Waals surface area contributed by atoms with E-state index < -0.39 is 36.0 Å². The zero-order valence-electron chi connectivity index (χ0n) is 16.5. The van der Waals surface area contributed by atoms with E-state index in [-0.39, 0.29) is 13.0 Å². The first-order chi connectivity index (χ1) is 13.2. The summed E-state index contributed by atoms with van der Waals surface area (Å²) in [7, 11) is 0. The van der Waals surface area contributed by atoms with Crippen LogP contribution in [0.5, 0.6) is 0 Å². The standard InChI is InChI=1S/C20H27N3O5/c1-4-5-6-14-7-9-15(10-8-14)21-16(24)13-28-17(25)11-12-23-18(26)20(2,3)22-19(23)27/h7-10H,4-6,11-13H2,1-3H3,(H,21,24)(H,22,27). The third-order valence-electron chi connectivity index (χ3n) is 4.40. The second kappa shape index (κ2) is 9.34. The van der Waals surface area contributed by atoms with Crippen LogP contribution >= 0.6 is 0 Å². The zero-order valence-corrected chi connectivity index (χ0v) is 16.5. The van der Waals surface area contributed by atoms with Crippen molar-refractivity contribution in [2.24, 2.45) is 0 Å². The molecule has 0 aromatic heterocycles. The van der Waals surface area contributed by atoms with Crippen LogP contribution in [0.2, 0.25) is 0 Å². The molecule has 0 bridgehead atoms. The molecule has 0 radical (unpaired) electrons. The highest BCUT2D eigenvalue weighted by Crippen LogP contribution is 2.16. The van der Waals surface area contributed by atoms with E-state index in [1.165, 1.54) is 5.56 Å². The van der Waals surface area contributed by atoms with Crippen molar-refractivity contribution in [3.05, 3.63) is 29.8 Å². The first-order valence-electron chi connectivity index (χ1n) is 9.41. The maximum absolute atomic E-state index is 12.0.